The van der Waals surface area contributed by atoms with E-state index in [9.17, 15) is 27.6 Å². The molecule has 2 aliphatic heterocycles. The number of carbonyl (C=O) groups is 3. The highest BCUT2D eigenvalue weighted by molar-refractivity contribution is 6.32. The molecule has 2 aromatic rings. The van der Waals surface area contributed by atoms with Crippen LogP contribution in [0.1, 0.15) is 12.5 Å². The molecule has 178 valence electrons. The number of nitrogens with one attached hydrogen (secondary N) is 1. The molecule has 9 nitrogen and oxygen atoms in total. The summed E-state index contributed by atoms with van der Waals surface area (Å²) in [4.78, 5) is 40.6. The summed E-state index contributed by atoms with van der Waals surface area (Å²) in [5.74, 6) is -2.10. The Kier molecular flexibility index (Phi) is 6.22. The highest BCUT2D eigenvalue weighted by Gasteiger charge is 2.49. The SMILES string of the molecule is CCOc1ccc(N2CCN3C(=O)C(=O)[N+](CC(=O)Nc4ccccc4C(F)(F)F)=NC32)cc1. The summed E-state index contributed by atoms with van der Waals surface area (Å²) >= 11 is 0. The monoisotopic (exact) mass is 476 g/mol. The lowest BCUT2D eigenvalue weighted by molar-refractivity contribution is -0.509. The van der Waals surface area contributed by atoms with E-state index in [0.717, 1.165) is 17.8 Å². The lowest BCUT2D eigenvalue weighted by Gasteiger charge is -2.27. The number of ether oxygens (including phenoxy) is 1. The van der Waals surface area contributed by atoms with Crippen molar-refractivity contribution >= 4 is 29.1 Å². The Labute approximate surface area is 192 Å². The lowest BCUT2D eigenvalue weighted by Crippen LogP contribution is -2.52. The number of benzene rings is 2. The Morgan fingerprint density at radius 2 is 1.79 bits per heavy atom. The number of amides is 3. The number of fused-ring (bicyclic) bond motifs is 1. The molecule has 34 heavy (non-hydrogen) atoms. The summed E-state index contributed by atoms with van der Waals surface area (Å²) in [7, 11) is 0. The average molecular weight is 476 g/mol. The van der Waals surface area contributed by atoms with E-state index in [4.69, 9.17) is 4.74 Å². The van der Waals surface area contributed by atoms with Gasteiger partial charge in [-0.2, -0.15) is 13.2 Å². The van der Waals surface area contributed by atoms with Crippen LogP contribution < -0.4 is 15.0 Å². The van der Waals surface area contributed by atoms with Gasteiger partial charge in [0.05, 0.1) is 17.9 Å². The minimum absolute atomic E-state index is 0.255. The predicted molar refractivity (Wildman–Crippen MR) is 113 cm³/mol. The topological polar surface area (TPSA) is 94.3 Å². The van der Waals surface area contributed by atoms with Crippen molar-refractivity contribution in [1.82, 2.24) is 4.90 Å². The molecular weight excluding hydrogens is 455 g/mol. The van der Waals surface area contributed by atoms with Crippen LogP contribution in [0.5, 0.6) is 5.75 Å². The second-order valence-electron chi connectivity index (χ2n) is 7.54. The van der Waals surface area contributed by atoms with Crippen molar-refractivity contribution in [3.8, 4) is 5.75 Å². The van der Waals surface area contributed by atoms with E-state index in [1.54, 1.807) is 29.2 Å². The molecule has 2 aromatic carbocycles. The molecule has 0 radical (unpaired) electrons. The molecule has 2 aliphatic rings. The maximum Gasteiger partial charge on any atom is 0.502 e. The van der Waals surface area contributed by atoms with E-state index in [-0.39, 0.29) is 6.54 Å². The van der Waals surface area contributed by atoms with Crippen LogP contribution in [0.3, 0.4) is 0 Å². The molecule has 1 unspecified atom stereocenters. The number of hydrogen-bond donors (Lipinski definition) is 1. The van der Waals surface area contributed by atoms with E-state index < -0.39 is 48.0 Å². The third-order valence-electron chi connectivity index (χ3n) is 5.34. The zero-order chi connectivity index (χ0) is 24.5. The minimum atomic E-state index is -4.67. The lowest BCUT2D eigenvalue weighted by atomic mass is 10.1. The van der Waals surface area contributed by atoms with Crippen molar-refractivity contribution in [2.24, 2.45) is 5.11 Å². The number of hydrogen-bond acceptors (Lipinski definition) is 6. The highest BCUT2D eigenvalue weighted by atomic mass is 19.4. The number of nitrogens with zero attached hydrogens (tertiary/aromatic N) is 4. The summed E-state index contributed by atoms with van der Waals surface area (Å²) in [6.45, 7) is 2.32. The summed E-state index contributed by atoms with van der Waals surface area (Å²) < 4.78 is 45.7. The molecule has 0 bridgehead atoms. The van der Waals surface area contributed by atoms with Gasteiger partial charge in [-0.15, -0.1) is 0 Å². The second-order valence-corrected chi connectivity index (χ2v) is 7.54. The fraction of sp³-hybridized carbons (Fsp3) is 0.318. The first-order valence-electron chi connectivity index (χ1n) is 10.5. The smallest absolute Gasteiger partial charge is 0.494 e. The molecular formula is C22H21F3N5O4+. The van der Waals surface area contributed by atoms with Gasteiger partial charge in [-0.3, -0.25) is 14.5 Å². The first kappa shape index (κ1) is 23.2. The Balaban J connectivity index is 1.54. The van der Waals surface area contributed by atoms with Gasteiger partial charge in [0.15, 0.2) is 0 Å². The Morgan fingerprint density at radius 1 is 1.12 bits per heavy atom. The van der Waals surface area contributed by atoms with E-state index in [1.807, 2.05) is 6.92 Å². The number of alkyl halides is 3. The fourth-order valence-electron chi connectivity index (χ4n) is 3.80. The molecule has 0 spiro atoms. The number of azo groups is 2. The van der Waals surface area contributed by atoms with Crippen molar-refractivity contribution in [3.63, 3.8) is 0 Å². The van der Waals surface area contributed by atoms with Crippen molar-refractivity contribution in [2.45, 2.75) is 19.4 Å². The van der Waals surface area contributed by atoms with Crippen LogP contribution in [0.25, 0.3) is 0 Å². The van der Waals surface area contributed by atoms with Gasteiger partial charge >= 0.3 is 18.0 Å². The molecule has 0 saturated carbocycles. The van der Waals surface area contributed by atoms with Gasteiger partial charge in [-0.25, -0.2) is 4.79 Å². The molecule has 1 atom stereocenters. The molecule has 12 heteroatoms. The van der Waals surface area contributed by atoms with Crippen LogP contribution >= 0.6 is 0 Å². The summed E-state index contributed by atoms with van der Waals surface area (Å²) in [5.41, 5.74) is -0.746. The van der Waals surface area contributed by atoms with Gasteiger partial charge in [-0.05, 0) is 48.0 Å². The molecule has 4 rings (SSSR count). The molecule has 1 saturated heterocycles. The largest absolute Gasteiger partial charge is 0.502 e. The first-order chi connectivity index (χ1) is 16.2. The number of anilines is 2. The molecule has 1 N–H and O–H groups in total. The maximum absolute atomic E-state index is 13.2. The second kappa shape index (κ2) is 9.12. The van der Waals surface area contributed by atoms with Crippen LogP contribution in [0.2, 0.25) is 0 Å². The van der Waals surface area contributed by atoms with Crippen molar-refractivity contribution in [1.29, 1.82) is 0 Å². The molecule has 1 fully saturated rings. The van der Waals surface area contributed by atoms with Crippen LogP contribution in [-0.4, -0.2) is 59.8 Å². The third kappa shape index (κ3) is 4.56. The number of carbonyl (C=O) groups excluding carboxylic acids is 3. The molecule has 3 amide bonds. The van der Waals surface area contributed by atoms with E-state index in [0.29, 0.717) is 23.6 Å². The van der Waals surface area contributed by atoms with Crippen LogP contribution in [0.4, 0.5) is 24.5 Å². The average Bonchev–Trinajstić information content (AvgIpc) is 3.21. The van der Waals surface area contributed by atoms with Gasteiger partial charge in [-0.1, -0.05) is 12.1 Å². The minimum Gasteiger partial charge on any atom is -0.494 e. The summed E-state index contributed by atoms with van der Waals surface area (Å²) in [6, 6.07) is 11.6. The number of para-hydroxylation sites is 1. The first-order valence-corrected chi connectivity index (χ1v) is 10.5. The number of rotatable bonds is 6. The van der Waals surface area contributed by atoms with Crippen molar-refractivity contribution in [3.05, 3.63) is 54.1 Å². The Bertz CT molecular complexity index is 1150. The van der Waals surface area contributed by atoms with Gasteiger partial charge in [0.1, 0.15) is 5.75 Å². The zero-order valence-electron chi connectivity index (χ0n) is 18.1. The summed E-state index contributed by atoms with van der Waals surface area (Å²) in [6.07, 6.45) is -5.54. The molecule has 0 aromatic heterocycles. The van der Waals surface area contributed by atoms with Crippen molar-refractivity contribution in [2.75, 3.05) is 36.5 Å². The number of halogens is 3. The Morgan fingerprint density at radius 3 is 2.47 bits per heavy atom. The predicted octanol–water partition coefficient (Wildman–Crippen LogP) is 2.68. The van der Waals surface area contributed by atoms with Crippen LogP contribution in [0.15, 0.2) is 53.6 Å². The van der Waals surface area contributed by atoms with E-state index in [1.165, 1.54) is 17.0 Å². The van der Waals surface area contributed by atoms with Crippen LogP contribution in [-0.2, 0) is 20.6 Å². The van der Waals surface area contributed by atoms with E-state index >= 15 is 0 Å². The van der Waals surface area contributed by atoms with Crippen LogP contribution in [0, 0.1) is 0 Å². The molecule has 2 heterocycles. The Hall–Kier alpha value is -3.96. The van der Waals surface area contributed by atoms with E-state index in [2.05, 4.69) is 10.4 Å². The highest BCUT2D eigenvalue weighted by Crippen LogP contribution is 2.34. The van der Waals surface area contributed by atoms with Crippen molar-refractivity contribution < 1.29 is 37.0 Å². The van der Waals surface area contributed by atoms with Gasteiger partial charge in [0.25, 0.3) is 18.7 Å². The van der Waals surface area contributed by atoms with Gasteiger partial charge in [0.2, 0.25) is 0 Å². The van der Waals surface area contributed by atoms with Gasteiger partial charge in [0, 0.05) is 23.9 Å². The maximum atomic E-state index is 13.2. The third-order valence-corrected chi connectivity index (χ3v) is 5.34. The van der Waals surface area contributed by atoms with Gasteiger partial charge < -0.3 is 15.0 Å². The standard InChI is InChI=1S/C22H20F3N5O4/c1-2-34-15-9-7-14(8-10-15)28-11-12-29-19(32)20(33)30(27-21(28)29)13-18(31)26-17-6-4-3-5-16(17)22(23,24)25/h3-10,21H,2,11-13H2,1H3/p+1. The summed E-state index contributed by atoms with van der Waals surface area (Å²) in [5, 5.41) is 6.40. The normalized spacial score (nSPS) is 18.0. The zero-order valence-corrected chi connectivity index (χ0v) is 18.1. The quantitative estimate of drug-likeness (QED) is 0.511. The fourth-order valence-corrected chi connectivity index (χ4v) is 3.80. The molecule has 0 aliphatic carbocycles.